The minimum atomic E-state index is -0.268. The monoisotopic (exact) mass is 364 g/mol. The van der Waals surface area contributed by atoms with E-state index in [0.29, 0.717) is 24.4 Å². The van der Waals surface area contributed by atoms with E-state index in [1.165, 1.54) is 25.2 Å². The Bertz CT molecular complexity index is 625. The average molecular weight is 364 g/mol. The fraction of sp³-hybridized carbons (Fsp3) is 0.263. The first-order chi connectivity index (χ1) is 12.5. The smallest absolute Gasteiger partial charge is 0.239 e. The summed E-state index contributed by atoms with van der Waals surface area (Å²) in [5.41, 5.74) is 0.876. The lowest BCUT2D eigenvalue weighted by Crippen LogP contribution is -2.35. The zero-order valence-electron chi connectivity index (χ0n) is 15.3. The van der Waals surface area contributed by atoms with Crippen LogP contribution in [0.25, 0.3) is 0 Å². The molecule has 1 rings (SSSR count). The number of ether oxygens (including phenoxy) is 2. The van der Waals surface area contributed by atoms with Gasteiger partial charge in [-0.25, -0.2) is 4.39 Å². The van der Waals surface area contributed by atoms with Gasteiger partial charge in [-0.15, -0.1) is 0 Å². The summed E-state index contributed by atoms with van der Waals surface area (Å²) in [5.74, 6) is 0.456. The van der Waals surface area contributed by atoms with Gasteiger partial charge in [0, 0.05) is 27.7 Å². The Hall–Kier alpha value is -2.93. The number of carbonyl (C=O) groups excluding carboxylic acids is 2. The molecule has 0 saturated carbocycles. The molecule has 6 nitrogen and oxygen atoms in total. The van der Waals surface area contributed by atoms with Crippen LogP contribution >= 0.6 is 0 Å². The zero-order valence-corrected chi connectivity index (χ0v) is 15.3. The Kier molecular flexibility index (Phi) is 12.8. The SMILES string of the molecule is C=C/C(=C\C=C\F)Oc1ccc(CNC(=O)CNC(C)=O)cc1.COC. The number of amides is 2. The van der Waals surface area contributed by atoms with Gasteiger partial charge in [0.1, 0.15) is 11.5 Å². The first-order valence-corrected chi connectivity index (χ1v) is 7.74. The quantitative estimate of drug-likeness (QED) is 0.549. The van der Waals surface area contributed by atoms with Crippen molar-refractivity contribution in [3.63, 3.8) is 0 Å². The predicted molar refractivity (Wildman–Crippen MR) is 99.1 cm³/mol. The molecule has 0 aliphatic heterocycles. The Labute approximate surface area is 153 Å². The lowest BCUT2D eigenvalue weighted by atomic mass is 10.2. The van der Waals surface area contributed by atoms with Crippen LogP contribution in [-0.4, -0.2) is 32.6 Å². The van der Waals surface area contributed by atoms with Crippen LogP contribution in [-0.2, 0) is 20.9 Å². The number of carbonyl (C=O) groups is 2. The van der Waals surface area contributed by atoms with E-state index in [2.05, 4.69) is 21.9 Å². The Morgan fingerprint density at radius 2 is 1.81 bits per heavy atom. The lowest BCUT2D eigenvalue weighted by molar-refractivity contribution is -0.125. The molecule has 0 aromatic heterocycles. The van der Waals surface area contributed by atoms with Gasteiger partial charge >= 0.3 is 0 Å². The van der Waals surface area contributed by atoms with Crippen LogP contribution in [0.4, 0.5) is 4.39 Å². The summed E-state index contributed by atoms with van der Waals surface area (Å²) in [6.07, 6.45) is 4.52. The van der Waals surface area contributed by atoms with Crippen molar-refractivity contribution in [3.05, 3.63) is 66.7 Å². The van der Waals surface area contributed by atoms with Crippen molar-refractivity contribution >= 4 is 11.8 Å². The van der Waals surface area contributed by atoms with Crippen molar-refractivity contribution < 1.29 is 23.5 Å². The van der Waals surface area contributed by atoms with Crippen molar-refractivity contribution in [2.75, 3.05) is 20.8 Å². The maximum atomic E-state index is 12.0. The summed E-state index contributed by atoms with van der Waals surface area (Å²) in [6, 6.07) is 7.04. The Balaban J connectivity index is 0.00000194. The van der Waals surface area contributed by atoms with Crippen LogP contribution < -0.4 is 15.4 Å². The summed E-state index contributed by atoms with van der Waals surface area (Å²) >= 11 is 0. The number of allylic oxidation sites excluding steroid dienone is 3. The molecule has 1 aromatic carbocycles. The van der Waals surface area contributed by atoms with Crippen LogP contribution in [0.15, 0.2) is 61.2 Å². The third-order valence-electron chi connectivity index (χ3n) is 2.68. The van der Waals surface area contributed by atoms with Crippen molar-refractivity contribution in [2.45, 2.75) is 13.5 Å². The number of rotatable bonds is 8. The standard InChI is InChI=1S/C17H19FN2O3.C2H6O/c1-3-15(5-4-10-18)23-16-8-6-14(7-9-16)11-20-17(22)12-19-13(2)21;1-3-2/h3-10H,1,11-12H2,2H3,(H,19,21)(H,20,22);1-2H3/b10-4+,15-5+;. The van der Waals surface area contributed by atoms with Crippen molar-refractivity contribution in [1.82, 2.24) is 10.6 Å². The van der Waals surface area contributed by atoms with Gasteiger partial charge in [0.05, 0.1) is 12.9 Å². The minimum Gasteiger partial charge on any atom is -0.457 e. The number of halogens is 1. The van der Waals surface area contributed by atoms with E-state index in [9.17, 15) is 14.0 Å². The number of methoxy groups -OCH3 is 1. The molecule has 0 spiro atoms. The highest BCUT2D eigenvalue weighted by atomic mass is 19.1. The molecule has 1 aromatic rings. The van der Waals surface area contributed by atoms with Crippen LogP contribution in [0.5, 0.6) is 5.75 Å². The van der Waals surface area contributed by atoms with E-state index in [1.807, 2.05) is 0 Å². The van der Waals surface area contributed by atoms with E-state index in [1.54, 1.807) is 38.5 Å². The largest absolute Gasteiger partial charge is 0.457 e. The molecule has 0 atom stereocenters. The van der Waals surface area contributed by atoms with Gasteiger partial charge < -0.3 is 20.1 Å². The highest BCUT2D eigenvalue weighted by molar-refractivity contribution is 5.83. The molecule has 0 heterocycles. The van der Waals surface area contributed by atoms with Gasteiger partial charge in [0.2, 0.25) is 11.8 Å². The van der Waals surface area contributed by atoms with Gasteiger partial charge in [0.15, 0.2) is 0 Å². The van der Waals surface area contributed by atoms with Crippen LogP contribution in [0.3, 0.4) is 0 Å². The molecular weight excluding hydrogens is 339 g/mol. The molecule has 0 radical (unpaired) electrons. The highest BCUT2D eigenvalue weighted by Crippen LogP contribution is 2.15. The molecule has 2 N–H and O–H groups in total. The van der Waals surface area contributed by atoms with Crippen LogP contribution in [0.2, 0.25) is 0 Å². The van der Waals surface area contributed by atoms with Gasteiger partial charge in [-0.05, 0) is 35.9 Å². The second-order valence-electron chi connectivity index (χ2n) is 4.93. The van der Waals surface area contributed by atoms with E-state index >= 15 is 0 Å². The average Bonchev–Trinajstić information content (AvgIpc) is 2.63. The zero-order chi connectivity index (χ0) is 19.8. The number of hydrogen-bond acceptors (Lipinski definition) is 4. The number of hydrogen-bond donors (Lipinski definition) is 2. The van der Waals surface area contributed by atoms with Gasteiger partial charge in [-0.3, -0.25) is 9.59 Å². The molecule has 0 aliphatic rings. The summed E-state index contributed by atoms with van der Waals surface area (Å²) in [5, 5.41) is 5.10. The molecule has 0 saturated heterocycles. The second-order valence-corrected chi connectivity index (χ2v) is 4.93. The molecule has 0 bridgehead atoms. The van der Waals surface area contributed by atoms with Gasteiger partial charge in [0.25, 0.3) is 0 Å². The summed E-state index contributed by atoms with van der Waals surface area (Å²) < 4.78 is 21.7. The molecule has 0 aliphatic carbocycles. The lowest BCUT2D eigenvalue weighted by Gasteiger charge is -2.08. The summed E-state index contributed by atoms with van der Waals surface area (Å²) in [4.78, 5) is 22.2. The normalized spacial score (nSPS) is 10.5. The van der Waals surface area contributed by atoms with Crippen molar-refractivity contribution in [1.29, 1.82) is 0 Å². The topological polar surface area (TPSA) is 76.7 Å². The van der Waals surface area contributed by atoms with Gasteiger partial charge in [-0.1, -0.05) is 18.7 Å². The second kappa shape index (κ2) is 14.4. The molecule has 0 unspecified atom stereocenters. The Morgan fingerprint density at radius 1 is 1.19 bits per heavy atom. The van der Waals surface area contributed by atoms with E-state index in [0.717, 1.165) is 5.56 Å². The fourth-order valence-electron chi connectivity index (χ4n) is 1.55. The molecule has 0 fully saturated rings. The highest BCUT2D eigenvalue weighted by Gasteiger charge is 2.02. The van der Waals surface area contributed by atoms with Gasteiger partial charge in [-0.2, -0.15) is 0 Å². The van der Waals surface area contributed by atoms with E-state index in [4.69, 9.17) is 4.74 Å². The van der Waals surface area contributed by atoms with E-state index in [-0.39, 0.29) is 18.4 Å². The molecule has 26 heavy (non-hydrogen) atoms. The van der Waals surface area contributed by atoms with E-state index < -0.39 is 0 Å². The van der Waals surface area contributed by atoms with Crippen LogP contribution in [0.1, 0.15) is 12.5 Å². The maximum absolute atomic E-state index is 12.0. The minimum absolute atomic E-state index is 0.0495. The first-order valence-electron chi connectivity index (χ1n) is 7.74. The third kappa shape index (κ3) is 11.6. The predicted octanol–water partition coefficient (Wildman–Crippen LogP) is 2.63. The maximum Gasteiger partial charge on any atom is 0.239 e. The first kappa shape index (κ1) is 23.1. The Morgan fingerprint density at radius 3 is 2.31 bits per heavy atom. The third-order valence-corrected chi connectivity index (χ3v) is 2.68. The number of nitrogens with one attached hydrogen (secondary N) is 2. The molecule has 2 amide bonds. The summed E-state index contributed by atoms with van der Waals surface area (Å²) in [7, 11) is 3.25. The number of benzene rings is 1. The molecule has 142 valence electrons. The molecular formula is C19H25FN2O4. The fourth-order valence-corrected chi connectivity index (χ4v) is 1.55. The van der Waals surface area contributed by atoms with Crippen molar-refractivity contribution in [2.24, 2.45) is 0 Å². The molecule has 7 heteroatoms. The van der Waals surface area contributed by atoms with Crippen LogP contribution in [0, 0.1) is 0 Å². The summed E-state index contributed by atoms with van der Waals surface area (Å²) in [6.45, 7) is 5.22. The van der Waals surface area contributed by atoms with Crippen molar-refractivity contribution in [3.8, 4) is 5.75 Å².